The summed E-state index contributed by atoms with van der Waals surface area (Å²) in [5, 5.41) is 4.69. The highest BCUT2D eigenvalue weighted by Crippen LogP contribution is 2.41. The minimum Gasteiger partial charge on any atom is -0.381 e. The minimum atomic E-state index is 0.0756. The number of ether oxygens (including phenoxy) is 1. The molecular formula is C14H16BrCl2NOS. The van der Waals surface area contributed by atoms with E-state index < -0.39 is 0 Å². The van der Waals surface area contributed by atoms with Gasteiger partial charge in [0, 0.05) is 22.9 Å². The van der Waals surface area contributed by atoms with Gasteiger partial charge in [-0.3, -0.25) is 0 Å². The Kier molecular flexibility index (Phi) is 4.78. The molecule has 2 heterocycles. The summed E-state index contributed by atoms with van der Waals surface area (Å²) in [6, 6.07) is 4.30. The fourth-order valence-electron chi connectivity index (χ4n) is 2.87. The number of halogens is 3. The van der Waals surface area contributed by atoms with Crippen molar-refractivity contribution in [2.45, 2.75) is 30.9 Å². The summed E-state index contributed by atoms with van der Waals surface area (Å²) in [6.07, 6.45) is 3.21. The first-order valence-electron chi connectivity index (χ1n) is 6.71. The lowest BCUT2D eigenvalue weighted by Crippen LogP contribution is -2.44. The van der Waals surface area contributed by atoms with E-state index in [1.165, 1.54) is 5.75 Å². The van der Waals surface area contributed by atoms with Gasteiger partial charge in [-0.2, -0.15) is 11.8 Å². The standard InChI is InChI=1S/C14H16BrCl2NOS/c15-10-1-2-11(13(17)12(10)16)18-9-3-5-19-14(7-9)4-6-20-8-14/h1-2,9,18H,3-8H2. The first-order chi connectivity index (χ1) is 9.60. The Morgan fingerprint density at radius 2 is 2.20 bits per heavy atom. The highest BCUT2D eigenvalue weighted by Gasteiger charge is 2.40. The lowest BCUT2D eigenvalue weighted by Gasteiger charge is -2.38. The van der Waals surface area contributed by atoms with E-state index in [4.69, 9.17) is 27.9 Å². The van der Waals surface area contributed by atoms with Crippen molar-refractivity contribution in [3.8, 4) is 0 Å². The van der Waals surface area contributed by atoms with E-state index in [0.29, 0.717) is 16.1 Å². The molecule has 0 aromatic heterocycles. The van der Waals surface area contributed by atoms with Crippen molar-refractivity contribution in [2.75, 3.05) is 23.4 Å². The number of hydrogen-bond donors (Lipinski definition) is 1. The predicted octanol–water partition coefficient (Wildman–Crippen LogP) is 5.22. The van der Waals surface area contributed by atoms with Crippen LogP contribution in [0.15, 0.2) is 16.6 Å². The molecular weight excluding hydrogens is 381 g/mol. The lowest BCUT2D eigenvalue weighted by atomic mass is 9.90. The highest BCUT2D eigenvalue weighted by molar-refractivity contribution is 9.10. The summed E-state index contributed by atoms with van der Waals surface area (Å²) >= 11 is 17.9. The molecule has 1 N–H and O–H groups in total. The monoisotopic (exact) mass is 395 g/mol. The summed E-state index contributed by atoms with van der Waals surface area (Å²) in [5.74, 6) is 2.32. The SMILES string of the molecule is Clc1c(Br)ccc(NC2CCOC3(CCSC3)C2)c1Cl. The van der Waals surface area contributed by atoms with Crippen LogP contribution in [0.5, 0.6) is 0 Å². The van der Waals surface area contributed by atoms with Gasteiger partial charge in [0.25, 0.3) is 0 Å². The molecule has 6 heteroatoms. The molecule has 0 bridgehead atoms. The van der Waals surface area contributed by atoms with Gasteiger partial charge in [-0.1, -0.05) is 23.2 Å². The zero-order chi connectivity index (χ0) is 14.2. The van der Waals surface area contributed by atoms with E-state index in [1.807, 2.05) is 23.9 Å². The fraction of sp³-hybridized carbons (Fsp3) is 0.571. The van der Waals surface area contributed by atoms with Crippen LogP contribution in [0.4, 0.5) is 5.69 Å². The quantitative estimate of drug-likeness (QED) is 0.692. The largest absolute Gasteiger partial charge is 0.381 e. The first kappa shape index (κ1) is 15.3. The summed E-state index contributed by atoms with van der Waals surface area (Å²) in [6.45, 7) is 0.820. The summed E-state index contributed by atoms with van der Waals surface area (Å²) in [5.41, 5.74) is 0.985. The van der Waals surface area contributed by atoms with Gasteiger partial charge >= 0.3 is 0 Å². The molecule has 1 aromatic rings. The van der Waals surface area contributed by atoms with Gasteiger partial charge in [-0.15, -0.1) is 0 Å². The average Bonchev–Trinajstić information content (AvgIpc) is 2.88. The molecule has 2 aliphatic rings. The van der Waals surface area contributed by atoms with Crippen molar-refractivity contribution in [3.63, 3.8) is 0 Å². The zero-order valence-corrected chi connectivity index (χ0v) is 14.8. The van der Waals surface area contributed by atoms with Gasteiger partial charge in [0.1, 0.15) is 0 Å². The molecule has 110 valence electrons. The molecule has 1 spiro atoms. The third-order valence-electron chi connectivity index (χ3n) is 3.95. The molecule has 0 saturated carbocycles. The molecule has 2 nitrogen and oxygen atoms in total. The van der Waals surface area contributed by atoms with Crippen LogP contribution in [-0.2, 0) is 4.74 Å². The van der Waals surface area contributed by atoms with E-state index in [2.05, 4.69) is 21.2 Å². The van der Waals surface area contributed by atoms with Crippen LogP contribution in [0, 0.1) is 0 Å². The van der Waals surface area contributed by atoms with Crippen LogP contribution in [0.3, 0.4) is 0 Å². The molecule has 20 heavy (non-hydrogen) atoms. The zero-order valence-electron chi connectivity index (χ0n) is 10.9. The van der Waals surface area contributed by atoms with E-state index in [0.717, 1.165) is 41.8 Å². The minimum absolute atomic E-state index is 0.0756. The van der Waals surface area contributed by atoms with Crippen molar-refractivity contribution < 1.29 is 4.74 Å². The molecule has 2 atom stereocenters. The molecule has 0 amide bonds. The Hall–Kier alpha value is 0.390. The van der Waals surface area contributed by atoms with Crippen LogP contribution in [0.1, 0.15) is 19.3 Å². The van der Waals surface area contributed by atoms with Crippen molar-refractivity contribution in [1.82, 2.24) is 0 Å². The third-order valence-corrected chi connectivity index (χ3v) is 6.95. The molecule has 0 aliphatic carbocycles. The van der Waals surface area contributed by atoms with Crippen LogP contribution in [0.25, 0.3) is 0 Å². The molecule has 2 aliphatic heterocycles. The number of benzene rings is 1. The highest BCUT2D eigenvalue weighted by atomic mass is 79.9. The number of rotatable bonds is 2. The molecule has 2 unspecified atom stereocenters. The summed E-state index contributed by atoms with van der Waals surface area (Å²) in [7, 11) is 0. The molecule has 3 rings (SSSR count). The summed E-state index contributed by atoms with van der Waals surface area (Å²) in [4.78, 5) is 0. The number of anilines is 1. The predicted molar refractivity (Wildman–Crippen MR) is 91.4 cm³/mol. The van der Waals surface area contributed by atoms with Crippen LogP contribution in [0.2, 0.25) is 10.0 Å². The maximum atomic E-state index is 6.31. The summed E-state index contributed by atoms with van der Waals surface area (Å²) < 4.78 is 6.86. The van der Waals surface area contributed by atoms with Gasteiger partial charge in [-0.05, 0) is 53.1 Å². The maximum Gasteiger partial charge on any atom is 0.0835 e. The van der Waals surface area contributed by atoms with Crippen molar-refractivity contribution in [1.29, 1.82) is 0 Å². The van der Waals surface area contributed by atoms with Gasteiger partial charge in [0.15, 0.2) is 0 Å². The molecule has 1 aromatic carbocycles. The Morgan fingerprint density at radius 3 is 2.95 bits per heavy atom. The lowest BCUT2D eigenvalue weighted by molar-refractivity contribution is -0.0628. The second-order valence-electron chi connectivity index (χ2n) is 5.39. The molecule has 0 radical (unpaired) electrons. The Bertz CT molecular complexity index is 508. The van der Waals surface area contributed by atoms with E-state index in [-0.39, 0.29) is 5.60 Å². The van der Waals surface area contributed by atoms with E-state index in [9.17, 15) is 0 Å². The van der Waals surface area contributed by atoms with Gasteiger partial charge in [0.05, 0.1) is 21.3 Å². The van der Waals surface area contributed by atoms with Gasteiger partial charge in [0.2, 0.25) is 0 Å². The Labute approximate surface area is 142 Å². The van der Waals surface area contributed by atoms with Crippen LogP contribution >= 0.6 is 50.9 Å². The van der Waals surface area contributed by atoms with Gasteiger partial charge in [-0.25, -0.2) is 0 Å². The normalized spacial score (nSPS) is 29.9. The van der Waals surface area contributed by atoms with Crippen molar-refractivity contribution >= 4 is 56.6 Å². The molecule has 2 fully saturated rings. The van der Waals surface area contributed by atoms with Crippen LogP contribution in [-0.4, -0.2) is 29.8 Å². The van der Waals surface area contributed by atoms with Gasteiger partial charge < -0.3 is 10.1 Å². The second-order valence-corrected chi connectivity index (χ2v) is 8.11. The van der Waals surface area contributed by atoms with E-state index >= 15 is 0 Å². The smallest absolute Gasteiger partial charge is 0.0835 e. The average molecular weight is 397 g/mol. The van der Waals surface area contributed by atoms with Crippen molar-refractivity contribution in [3.05, 3.63) is 26.7 Å². The second kappa shape index (κ2) is 6.25. The Morgan fingerprint density at radius 1 is 1.35 bits per heavy atom. The Balaban J connectivity index is 1.73. The topological polar surface area (TPSA) is 21.3 Å². The van der Waals surface area contributed by atoms with Crippen molar-refractivity contribution in [2.24, 2.45) is 0 Å². The molecule has 2 saturated heterocycles. The number of hydrogen-bond acceptors (Lipinski definition) is 3. The fourth-order valence-corrected chi connectivity index (χ4v) is 5.08. The maximum absolute atomic E-state index is 6.31. The number of thioether (sulfide) groups is 1. The van der Waals surface area contributed by atoms with E-state index in [1.54, 1.807) is 0 Å². The number of nitrogens with one attached hydrogen (secondary N) is 1. The third kappa shape index (κ3) is 3.09. The van der Waals surface area contributed by atoms with Crippen LogP contribution < -0.4 is 5.32 Å². The first-order valence-corrected chi connectivity index (χ1v) is 9.42.